The SMILES string of the molecule is CC(CCl)CS(=O)(=O)Nc1ccc2c(c1)NC(=O)C(C)O2. The fourth-order valence-corrected chi connectivity index (χ4v) is 3.59. The first-order valence-electron chi connectivity index (χ1n) is 6.49. The monoisotopic (exact) mass is 332 g/mol. The molecule has 0 aromatic heterocycles. The van der Waals surface area contributed by atoms with Crippen molar-refractivity contribution in [1.29, 1.82) is 0 Å². The van der Waals surface area contributed by atoms with E-state index in [1.54, 1.807) is 26.0 Å². The normalized spacial score (nSPS) is 19.2. The van der Waals surface area contributed by atoms with E-state index in [4.69, 9.17) is 16.3 Å². The zero-order valence-corrected chi connectivity index (χ0v) is 13.3. The maximum atomic E-state index is 12.0. The van der Waals surface area contributed by atoms with Gasteiger partial charge in [-0.25, -0.2) is 8.42 Å². The van der Waals surface area contributed by atoms with Crippen LogP contribution in [0.2, 0.25) is 0 Å². The van der Waals surface area contributed by atoms with Gasteiger partial charge in [0, 0.05) is 5.88 Å². The van der Waals surface area contributed by atoms with Crippen LogP contribution in [0.15, 0.2) is 18.2 Å². The van der Waals surface area contributed by atoms with Gasteiger partial charge in [0.2, 0.25) is 10.0 Å². The second kappa shape index (κ2) is 6.11. The summed E-state index contributed by atoms with van der Waals surface area (Å²) < 4.78 is 31.8. The number of alkyl halides is 1. The van der Waals surface area contributed by atoms with Gasteiger partial charge in [0.1, 0.15) is 5.75 Å². The molecule has 0 radical (unpaired) electrons. The molecular weight excluding hydrogens is 316 g/mol. The van der Waals surface area contributed by atoms with Gasteiger partial charge in [-0.15, -0.1) is 11.6 Å². The van der Waals surface area contributed by atoms with Crippen molar-refractivity contribution in [3.8, 4) is 5.75 Å². The molecule has 116 valence electrons. The molecule has 8 heteroatoms. The molecule has 6 nitrogen and oxygen atoms in total. The molecule has 1 aromatic carbocycles. The van der Waals surface area contributed by atoms with Gasteiger partial charge in [-0.05, 0) is 31.0 Å². The Bertz CT molecular complexity index is 648. The lowest BCUT2D eigenvalue weighted by Gasteiger charge is -2.23. The zero-order valence-electron chi connectivity index (χ0n) is 11.7. The predicted molar refractivity (Wildman–Crippen MR) is 82.5 cm³/mol. The summed E-state index contributed by atoms with van der Waals surface area (Å²) in [5.74, 6) is 0.309. The van der Waals surface area contributed by atoms with Crippen molar-refractivity contribution in [2.45, 2.75) is 20.0 Å². The minimum absolute atomic E-state index is 0.0620. The summed E-state index contributed by atoms with van der Waals surface area (Å²) in [7, 11) is -3.48. The van der Waals surface area contributed by atoms with Crippen molar-refractivity contribution in [2.24, 2.45) is 5.92 Å². The zero-order chi connectivity index (χ0) is 15.6. The maximum absolute atomic E-state index is 12.0. The van der Waals surface area contributed by atoms with Gasteiger partial charge in [-0.2, -0.15) is 0 Å². The van der Waals surface area contributed by atoms with Crippen LogP contribution >= 0.6 is 11.6 Å². The number of halogens is 1. The second-order valence-corrected chi connectivity index (χ2v) is 7.18. The van der Waals surface area contributed by atoms with Crippen LogP contribution in [0.5, 0.6) is 5.75 Å². The van der Waals surface area contributed by atoms with E-state index in [0.717, 1.165) is 0 Å². The Hall–Kier alpha value is -1.47. The fraction of sp³-hybridized carbons (Fsp3) is 0.462. The highest BCUT2D eigenvalue weighted by Gasteiger charge is 2.24. The lowest BCUT2D eigenvalue weighted by atomic mass is 10.2. The number of amides is 1. The first-order valence-corrected chi connectivity index (χ1v) is 8.67. The molecule has 1 aromatic rings. The molecule has 2 atom stereocenters. The third kappa shape index (κ3) is 4.01. The molecule has 1 aliphatic heterocycles. The van der Waals surface area contributed by atoms with E-state index in [0.29, 0.717) is 17.1 Å². The number of carbonyl (C=O) groups is 1. The Morgan fingerprint density at radius 1 is 1.48 bits per heavy atom. The summed E-state index contributed by atoms with van der Waals surface area (Å²) >= 11 is 5.63. The predicted octanol–water partition coefficient (Wildman–Crippen LogP) is 2.02. The van der Waals surface area contributed by atoms with Crippen LogP contribution in [-0.2, 0) is 14.8 Å². The molecule has 0 spiro atoms. The molecule has 2 unspecified atom stereocenters. The highest BCUT2D eigenvalue weighted by atomic mass is 35.5. The molecule has 21 heavy (non-hydrogen) atoms. The Balaban J connectivity index is 2.16. The number of sulfonamides is 1. The molecule has 0 saturated carbocycles. The summed E-state index contributed by atoms with van der Waals surface area (Å²) in [6.07, 6.45) is -0.565. The van der Waals surface area contributed by atoms with Crippen LogP contribution in [0.3, 0.4) is 0 Å². The third-order valence-corrected chi connectivity index (χ3v) is 5.03. The van der Waals surface area contributed by atoms with Crippen LogP contribution in [0.1, 0.15) is 13.8 Å². The van der Waals surface area contributed by atoms with E-state index >= 15 is 0 Å². The van der Waals surface area contributed by atoms with Crippen LogP contribution in [0, 0.1) is 5.92 Å². The molecule has 2 N–H and O–H groups in total. The van der Waals surface area contributed by atoms with Gasteiger partial charge in [0.05, 0.1) is 17.1 Å². The molecule has 0 fully saturated rings. The minimum Gasteiger partial charge on any atom is -0.479 e. The van der Waals surface area contributed by atoms with Gasteiger partial charge in [0.15, 0.2) is 6.10 Å². The molecule has 0 aliphatic carbocycles. The van der Waals surface area contributed by atoms with Crippen molar-refractivity contribution in [1.82, 2.24) is 0 Å². The highest BCUT2D eigenvalue weighted by molar-refractivity contribution is 7.92. The quantitative estimate of drug-likeness (QED) is 0.808. The molecule has 1 amide bonds. The standard InChI is InChI=1S/C13H17ClN2O4S/c1-8(6-14)7-21(18,19)16-10-3-4-12-11(5-10)15-13(17)9(2)20-12/h3-5,8-9,16H,6-7H2,1-2H3,(H,15,17). The van der Waals surface area contributed by atoms with Crippen molar-refractivity contribution >= 4 is 38.9 Å². The van der Waals surface area contributed by atoms with Crippen molar-refractivity contribution in [2.75, 3.05) is 21.7 Å². The molecule has 2 rings (SSSR count). The van der Waals surface area contributed by atoms with Crippen molar-refractivity contribution < 1.29 is 17.9 Å². The Labute approximate surface area is 128 Å². The number of benzene rings is 1. The van der Waals surface area contributed by atoms with E-state index in [1.165, 1.54) is 6.07 Å². The number of anilines is 2. The number of nitrogens with one attached hydrogen (secondary N) is 2. The average Bonchev–Trinajstić information content (AvgIpc) is 2.39. The molecule has 1 heterocycles. The first kappa shape index (κ1) is 15.9. The summed E-state index contributed by atoms with van der Waals surface area (Å²) in [5, 5.41) is 2.67. The van der Waals surface area contributed by atoms with Gasteiger partial charge >= 0.3 is 0 Å². The third-order valence-electron chi connectivity index (χ3n) is 2.95. The lowest BCUT2D eigenvalue weighted by molar-refractivity contribution is -0.122. The topological polar surface area (TPSA) is 84.5 Å². The van der Waals surface area contributed by atoms with E-state index in [1.807, 2.05) is 0 Å². The molecule has 1 aliphatic rings. The highest BCUT2D eigenvalue weighted by Crippen LogP contribution is 2.32. The maximum Gasteiger partial charge on any atom is 0.265 e. The molecular formula is C13H17ClN2O4S. The number of hydrogen-bond acceptors (Lipinski definition) is 4. The average molecular weight is 333 g/mol. The van der Waals surface area contributed by atoms with Crippen LogP contribution < -0.4 is 14.8 Å². The Morgan fingerprint density at radius 2 is 2.19 bits per heavy atom. The van der Waals surface area contributed by atoms with Crippen LogP contribution in [0.4, 0.5) is 11.4 Å². The van der Waals surface area contributed by atoms with E-state index < -0.39 is 16.1 Å². The summed E-state index contributed by atoms with van der Waals surface area (Å²) in [5.41, 5.74) is 0.817. The summed E-state index contributed by atoms with van der Waals surface area (Å²) in [6.45, 7) is 3.40. The number of fused-ring (bicyclic) bond motifs is 1. The fourth-order valence-electron chi connectivity index (χ4n) is 1.91. The van der Waals surface area contributed by atoms with E-state index in [2.05, 4.69) is 10.0 Å². The minimum atomic E-state index is -3.48. The summed E-state index contributed by atoms with van der Waals surface area (Å²) in [6, 6.07) is 4.74. The van der Waals surface area contributed by atoms with Gasteiger partial charge in [-0.3, -0.25) is 9.52 Å². The largest absolute Gasteiger partial charge is 0.479 e. The number of ether oxygens (including phenoxy) is 1. The first-order chi connectivity index (χ1) is 9.80. The van der Waals surface area contributed by atoms with Gasteiger partial charge in [0.25, 0.3) is 5.91 Å². The van der Waals surface area contributed by atoms with Crippen LogP contribution in [-0.4, -0.2) is 32.1 Å². The number of rotatable bonds is 5. The van der Waals surface area contributed by atoms with E-state index in [9.17, 15) is 13.2 Å². The Kier molecular flexibility index (Phi) is 4.63. The van der Waals surface area contributed by atoms with E-state index in [-0.39, 0.29) is 23.5 Å². The number of carbonyl (C=O) groups excluding carboxylic acids is 1. The Morgan fingerprint density at radius 3 is 2.86 bits per heavy atom. The second-order valence-electron chi connectivity index (χ2n) is 5.10. The van der Waals surface area contributed by atoms with Crippen molar-refractivity contribution in [3.63, 3.8) is 0 Å². The number of hydrogen-bond donors (Lipinski definition) is 2. The van der Waals surface area contributed by atoms with Gasteiger partial charge < -0.3 is 10.1 Å². The smallest absolute Gasteiger partial charge is 0.265 e. The van der Waals surface area contributed by atoms with Gasteiger partial charge in [-0.1, -0.05) is 6.92 Å². The molecule has 0 bridgehead atoms. The summed E-state index contributed by atoms with van der Waals surface area (Å²) in [4.78, 5) is 11.5. The lowest BCUT2D eigenvalue weighted by Crippen LogP contribution is -2.34. The van der Waals surface area contributed by atoms with Crippen molar-refractivity contribution in [3.05, 3.63) is 18.2 Å². The molecule has 0 saturated heterocycles. The van der Waals surface area contributed by atoms with Crippen LogP contribution in [0.25, 0.3) is 0 Å².